The molecular formula is C98H220O12. The average molecular weight is 1590 g/mol. The van der Waals surface area contributed by atoms with Gasteiger partial charge in [-0.05, 0) is 272 Å². The lowest BCUT2D eigenvalue weighted by molar-refractivity contribution is -0.167. The van der Waals surface area contributed by atoms with Gasteiger partial charge in [0.25, 0.3) is 0 Å². The minimum Gasteiger partial charge on any atom is -0.465 e. The minimum absolute atomic E-state index is 0. The van der Waals surface area contributed by atoms with Crippen LogP contribution in [0.1, 0.15) is 482 Å². The van der Waals surface area contributed by atoms with Gasteiger partial charge >= 0.3 is 35.8 Å². The Morgan fingerprint density at radius 3 is 0.736 bits per heavy atom. The molecule has 0 aliphatic carbocycles. The monoisotopic (exact) mass is 1590 g/mol. The molecule has 0 aromatic carbocycles. The first kappa shape index (κ1) is 152. The molecule has 0 aromatic rings. The predicted molar refractivity (Wildman–Crippen MR) is 500 cm³/mol. The molecule has 0 saturated carbocycles. The largest absolute Gasteiger partial charge is 0.465 e. The summed E-state index contributed by atoms with van der Waals surface area (Å²) in [6.07, 6.45) is 16.8. The Bertz CT molecular complexity index is 2040. The summed E-state index contributed by atoms with van der Waals surface area (Å²) in [5, 5.41) is 0. The third-order valence-corrected chi connectivity index (χ3v) is 19.5. The SMILES string of the molecule is C.C.C.C.C.C.C.C.C.C.C.C.CCC(C)(C)C(=O)OC(C(C)C)C(C)C.CCC(C)(C)C(=O)OC(C)(C)C.CCC(C)(C)C(=O)OC(CC(C)C)CC(C)C.CCC(C)(C)C(=O)OC(CCC(C)C)CCC(C)C.CCC(C)(C)C(=O)OCC(C)CC(C)(C)C.CCC(CC)C(OC(=O)C(C)(C)CC)C(CC)CC. The number of hydrogen-bond acceptors (Lipinski definition) is 12. The molecule has 110 heavy (non-hydrogen) atoms. The highest BCUT2D eigenvalue weighted by molar-refractivity contribution is 5.78. The maximum absolute atomic E-state index is 12.4. The van der Waals surface area contributed by atoms with Crippen LogP contribution in [0.5, 0.6) is 0 Å². The smallest absolute Gasteiger partial charge is 0.312 e. The summed E-state index contributed by atoms with van der Waals surface area (Å²) in [4.78, 5) is 71.7. The molecule has 0 fully saturated rings. The summed E-state index contributed by atoms with van der Waals surface area (Å²) in [7, 11) is 0. The fraction of sp³-hybridized carbons (Fsp3) is 0.939. The molecule has 0 amide bonds. The highest BCUT2D eigenvalue weighted by Crippen LogP contribution is 2.34. The van der Waals surface area contributed by atoms with E-state index >= 15 is 0 Å². The van der Waals surface area contributed by atoms with E-state index in [0.717, 1.165) is 109 Å². The summed E-state index contributed by atoms with van der Waals surface area (Å²) >= 11 is 0. The van der Waals surface area contributed by atoms with Crippen LogP contribution in [-0.2, 0) is 57.2 Å². The molecule has 0 spiro atoms. The standard InChI is InChI=1S/2C17H34O2.C15H30O2.C14H28O2.C13H26O2.C10H20O2.12CH4/c1-8-17(6,7)16(18)19-15(11-9-13(2)3)12-10-14(4)5;1-8-13(9-2)15(14(10-3)11-4)19-16(18)17(6,7)12-5;1-8-15(6,7)14(16)17-13(9-11(2)3)10-12(4)5;1-8-14(6,7)12(15)16-10-11(2)9-13(3,4)5;1-8-13(6,7)12(14)15-11(9(2)3)10(4)5;1-7-10(5,6)8(11)12-9(2,3)4;;;;;;;;;;;;/h2*13-15H,8-12H2,1-7H3;11-13H,8-10H2,1-7H3;11H,8-10H2,1-7H3;9-11H,8H2,1-7H3;7H2,1-6H3;12*1H4. The molecule has 1 atom stereocenters. The van der Waals surface area contributed by atoms with Gasteiger partial charge in [-0.3, -0.25) is 28.8 Å². The third-order valence-electron chi connectivity index (χ3n) is 19.5. The highest BCUT2D eigenvalue weighted by Gasteiger charge is 2.37. The zero-order chi connectivity index (χ0) is 78.9. The first-order chi connectivity index (χ1) is 44.2. The highest BCUT2D eigenvalue weighted by atomic mass is 16.6. The molecule has 0 N–H and O–H groups in total. The molecule has 0 aromatic heterocycles. The molecule has 12 nitrogen and oxygen atoms in total. The van der Waals surface area contributed by atoms with Crippen molar-refractivity contribution in [2.24, 2.45) is 91.2 Å². The number of esters is 6. The van der Waals surface area contributed by atoms with Crippen molar-refractivity contribution in [3.8, 4) is 0 Å². The number of carbonyl (C=O) groups excluding carboxylic acids is 6. The lowest BCUT2D eigenvalue weighted by Gasteiger charge is -2.34. The van der Waals surface area contributed by atoms with Gasteiger partial charge in [-0.1, -0.05) is 269 Å². The van der Waals surface area contributed by atoms with Crippen molar-refractivity contribution in [3.05, 3.63) is 0 Å². The van der Waals surface area contributed by atoms with Crippen molar-refractivity contribution >= 4 is 35.8 Å². The van der Waals surface area contributed by atoms with E-state index in [1.807, 2.05) is 145 Å². The Kier molecular flexibility index (Phi) is 101. The first-order valence-electron chi connectivity index (χ1n) is 39.5. The van der Waals surface area contributed by atoms with Gasteiger partial charge in [0.15, 0.2) is 0 Å². The van der Waals surface area contributed by atoms with E-state index in [2.05, 4.69) is 138 Å². The lowest BCUT2D eigenvalue weighted by Crippen LogP contribution is -2.38. The van der Waals surface area contributed by atoms with Gasteiger partial charge in [-0.2, -0.15) is 0 Å². The molecule has 0 aliphatic rings. The van der Waals surface area contributed by atoms with E-state index < -0.39 is 0 Å². The van der Waals surface area contributed by atoms with Crippen LogP contribution in [0.15, 0.2) is 0 Å². The van der Waals surface area contributed by atoms with Gasteiger partial charge < -0.3 is 28.4 Å². The van der Waals surface area contributed by atoms with E-state index in [4.69, 9.17) is 28.4 Å². The third kappa shape index (κ3) is 73.7. The van der Waals surface area contributed by atoms with Crippen LogP contribution in [-0.4, -0.2) is 72.4 Å². The lowest BCUT2D eigenvalue weighted by atomic mass is 9.83. The van der Waals surface area contributed by atoms with Crippen LogP contribution in [0, 0.1) is 91.2 Å². The van der Waals surface area contributed by atoms with Crippen LogP contribution in [0.4, 0.5) is 0 Å². The van der Waals surface area contributed by atoms with Crippen LogP contribution >= 0.6 is 0 Å². The molecule has 0 aliphatic heterocycles. The van der Waals surface area contributed by atoms with E-state index in [0.29, 0.717) is 65.3 Å². The number of carbonyl (C=O) groups is 6. The second-order valence-electron chi connectivity index (χ2n) is 37.0. The summed E-state index contributed by atoms with van der Waals surface area (Å²) in [6.45, 7) is 85.2. The molecule has 1 unspecified atom stereocenters. The molecule has 0 bridgehead atoms. The Balaban J connectivity index is -0.0000000567. The van der Waals surface area contributed by atoms with Gasteiger partial charge in [0.05, 0.1) is 39.1 Å². The quantitative estimate of drug-likeness (QED) is 0.0429. The van der Waals surface area contributed by atoms with Crippen LogP contribution in [0.25, 0.3) is 0 Å². The molecule has 0 radical (unpaired) electrons. The number of rotatable bonds is 37. The molecule has 12 heteroatoms. The Hall–Kier alpha value is -3.18. The minimum atomic E-state index is -0.372. The Morgan fingerprint density at radius 1 is 0.282 bits per heavy atom. The summed E-state index contributed by atoms with van der Waals surface area (Å²) in [5.74, 6) is 4.25. The summed E-state index contributed by atoms with van der Waals surface area (Å²) in [6, 6.07) is 0. The van der Waals surface area contributed by atoms with Crippen LogP contribution in [0.3, 0.4) is 0 Å². The molecule has 0 rings (SSSR count). The molecule has 684 valence electrons. The van der Waals surface area contributed by atoms with E-state index in [-0.39, 0.29) is 187 Å². The van der Waals surface area contributed by atoms with Crippen LogP contribution < -0.4 is 0 Å². The van der Waals surface area contributed by atoms with E-state index in [9.17, 15) is 28.8 Å². The van der Waals surface area contributed by atoms with E-state index in [1.54, 1.807) is 0 Å². The number of ether oxygens (including phenoxy) is 6. The Labute approximate surface area is 699 Å². The molecule has 0 saturated heterocycles. The maximum Gasteiger partial charge on any atom is 0.312 e. The van der Waals surface area contributed by atoms with Crippen molar-refractivity contribution < 1.29 is 57.2 Å². The summed E-state index contributed by atoms with van der Waals surface area (Å²) < 4.78 is 33.6. The fourth-order valence-electron chi connectivity index (χ4n) is 9.66. The zero-order valence-electron chi connectivity index (χ0n) is 73.1. The van der Waals surface area contributed by atoms with Gasteiger partial charge in [0, 0.05) is 0 Å². The second-order valence-corrected chi connectivity index (χ2v) is 37.0. The van der Waals surface area contributed by atoms with Gasteiger partial charge in [-0.25, -0.2) is 0 Å². The maximum atomic E-state index is 12.4. The predicted octanol–water partition coefficient (Wildman–Crippen LogP) is 32.9. The van der Waals surface area contributed by atoms with Crippen molar-refractivity contribution in [3.63, 3.8) is 0 Å². The van der Waals surface area contributed by atoms with Crippen molar-refractivity contribution in [2.45, 2.75) is 512 Å². The topological polar surface area (TPSA) is 158 Å². The zero-order valence-corrected chi connectivity index (χ0v) is 73.1. The van der Waals surface area contributed by atoms with Crippen molar-refractivity contribution in [1.29, 1.82) is 0 Å². The second kappa shape index (κ2) is 73.4. The molecule has 0 heterocycles. The molecular weight excluding hydrogens is 1370 g/mol. The Morgan fingerprint density at radius 2 is 0.518 bits per heavy atom. The normalized spacial score (nSPS) is 11.5. The first-order valence-corrected chi connectivity index (χ1v) is 39.5. The van der Waals surface area contributed by atoms with Crippen LogP contribution in [0.2, 0.25) is 0 Å². The van der Waals surface area contributed by atoms with Gasteiger partial charge in [0.1, 0.15) is 30.0 Å². The average Bonchev–Trinajstić information content (AvgIpc) is 0.864. The van der Waals surface area contributed by atoms with Crippen molar-refractivity contribution in [1.82, 2.24) is 0 Å². The van der Waals surface area contributed by atoms with Gasteiger partial charge in [0.2, 0.25) is 0 Å². The van der Waals surface area contributed by atoms with E-state index in [1.165, 1.54) is 0 Å². The van der Waals surface area contributed by atoms with Gasteiger partial charge in [-0.15, -0.1) is 0 Å². The van der Waals surface area contributed by atoms with Crippen molar-refractivity contribution in [2.75, 3.05) is 6.61 Å². The summed E-state index contributed by atoms with van der Waals surface area (Å²) in [5.41, 5.74) is -2.21. The fourth-order valence-corrected chi connectivity index (χ4v) is 9.66. The number of hydrogen-bond donors (Lipinski definition) is 0.